The number of nitriles is 1. The third-order valence-corrected chi connectivity index (χ3v) is 4.16. The van der Waals surface area contributed by atoms with Crippen LogP contribution in [0.3, 0.4) is 0 Å². The van der Waals surface area contributed by atoms with E-state index in [2.05, 4.69) is 26.7 Å². The van der Waals surface area contributed by atoms with Crippen LogP contribution in [0.1, 0.15) is 11.4 Å². The zero-order chi connectivity index (χ0) is 20.1. The second-order valence-electron chi connectivity index (χ2n) is 5.81. The van der Waals surface area contributed by atoms with Gasteiger partial charge in [-0.25, -0.2) is 9.97 Å². The van der Waals surface area contributed by atoms with Crippen molar-refractivity contribution in [1.82, 2.24) is 9.97 Å². The summed E-state index contributed by atoms with van der Waals surface area (Å²) < 4.78 is 10.7. The SMILES string of the molecule is COc1cc(Nc2cc(Nc3ccc(C#N)cc3)nc(C)n2)c(OC)cc1Cl. The Morgan fingerprint density at radius 1 is 0.929 bits per heavy atom. The first-order chi connectivity index (χ1) is 13.5. The number of ether oxygens (including phenoxy) is 2. The van der Waals surface area contributed by atoms with Gasteiger partial charge in [-0.15, -0.1) is 0 Å². The number of methoxy groups -OCH3 is 2. The average Bonchev–Trinajstić information content (AvgIpc) is 2.69. The minimum atomic E-state index is 0.451. The molecule has 0 unspecified atom stereocenters. The molecule has 2 N–H and O–H groups in total. The van der Waals surface area contributed by atoms with Crippen molar-refractivity contribution < 1.29 is 9.47 Å². The molecule has 0 atom stereocenters. The molecule has 0 saturated carbocycles. The Kier molecular flexibility index (Phi) is 5.82. The van der Waals surface area contributed by atoms with E-state index in [1.54, 1.807) is 51.5 Å². The minimum absolute atomic E-state index is 0.451. The summed E-state index contributed by atoms with van der Waals surface area (Å²) in [5, 5.41) is 15.8. The molecule has 0 fully saturated rings. The van der Waals surface area contributed by atoms with Crippen LogP contribution in [0.25, 0.3) is 0 Å². The van der Waals surface area contributed by atoms with Crippen LogP contribution in [-0.4, -0.2) is 24.2 Å². The van der Waals surface area contributed by atoms with Gasteiger partial charge in [0.2, 0.25) is 0 Å². The van der Waals surface area contributed by atoms with Crippen LogP contribution >= 0.6 is 11.6 Å². The van der Waals surface area contributed by atoms with Gasteiger partial charge in [-0.3, -0.25) is 0 Å². The number of nitrogens with one attached hydrogen (secondary N) is 2. The second-order valence-corrected chi connectivity index (χ2v) is 6.22. The fraction of sp³-hybridized carbons (Fsp3) is 0.150. The zero-order valence-electron chi connectivity index (χ0n) is 15.6. The van der Waals surface area contributed by atoms with Gasteiger partial charge in [0.05, 0.1) is 36.6 Å². The van der Waals surface area contributed by atoms with Crippen molar-refractivity contribution in [2.45, 2.75) is 6.92 Å². The van der Waals surface area contributed by atoms with Crippen molar-refractivity contribution in [3.8, 4) is 17.6 Å². The van der Waals surface area contributed by atoms with Crippen molar-refractivity contribution >= 4 is 34.6 Å². The Bertz CT molecular complexity index is 1030. The normalized spacial score (nSPS) is 10.1. The number of rotatable bonds is 6. The van der Waals surface area contributed by atoms with E-state index in [0.717, 1.165) is 5.69 Å². The molecule has 3 aromatic rings. The lowest BCUT2D eigenvalue weighted by molar-refractivity contribution is 0.405. The molecule has 0 aliphatic carbocycles. The second kappa shape index (κ2) is 8.46. The molecule has 142 valence electrons. The van der Waals surface area contributed by atoms with E-state index in [1.807, 2.05) is 12.1 Å². The first kappa shape index (κ1) is 19.3. The zero-order valence-corrected chi connectivity index (χ0v) is 16.3. The van der Waals surface area contributed by atoms with Crippen molar-refractivity contribution in [1.29, 1.82) is 5.26 Å². The van der Waals surface area contributed by atoms with E-state index in [4.69, 9.17) is 26.3 Å². The summed E-state index contributed by atoms with van der Waals surface area (Å²) in [6.45, 7) is 1.80. The topological polar surface area (TPSA) is 92.1 Å². The smallest absolute Gasteiger partial charge is 0.144 e. The molecule has 3 rings (SSSR count). The highest BCUT2D eigenvalue weighted by molar-refractivity contribution is 6.32. The van der Waals surface area contributed by atoms with E-state index in [1.165, 1.54) is 0 Å². The molecule has 28 heavy (non-hydrogen) atoms. The van der Waals surface area contributed by atoms with E-state index >= 15 is 0 Å². The lowest BCUT2D eigenvalue weighted by atomic mass is 10.2. The first-order valence-corrected chi connectivity index (χ1v) is 8.71. The highest BCUT2D eigenvalue weighted by Crippen LogP contribution is 2.37. The first-order valence-electron chi connectivity index (χ1n) is 8.34. The Hall–Kier alpha value is -3.50. The van der Waals surface area contributed by atoms with Crippen LogP contribution in [0.2, 0.25) is 5.02 Å². The molecular formula is C20H18ClN5O2. The molecule has 1 heterocycles. The number of halogens is 1. The number of anilines is 4. The Labute approximate surface area is 167 Å². The van der Waals surface area contributed by atoms with Crippen molar-refractivity contribution in [3.63, 3.8) is 0 Å². The van der Waals surface area contributed by atoms with Crippen molar-refractivity contribution in [3.05, 3.63) is 58.9 Å². The Balaban J connectivity index is 1.88. The third-order valence-electron chi connectivity index (χ3n) is 3.86. The van der Waals surface area contributed by atoms with E-state index < -0.39 is 0 Å². The maximum atomic E-state index is 8.90. The van der Waals surface area contributed by atoms with Crippen molar-refractivity contribution in [2.75, 3.05) is 24.9 Å². The van der Waals surface area contributed by atoms with E-state index in [9.17, 15) is 0 Å². The van der Waals surface area contributed by atoms with Crippen LogP contribution < -0.4 is 20.1 Å². The fourth-order valence-corrected chi connectivity index (χ4v) is 2.80. The minimum Gasteiger partial charge on any atom is -0.495 e. The molecule has 0 aliphatic rings. The summed E-state index contributed by atoms with van der Waals surface area (Å²) in [4.78, 5) is 8.82. The number of nitrogens with zero attached hydrogens (tertiary/aromatic N) is 3. The largest absolute Gasteiger partial charge is 0.495 e. The summed E-state index contributed by atoms with van der Waals surface area (Å²) in [5.74, 6) is 2.85. The van der Waals surface area contributed by atoms with Gasteiger partial charge in [-0.1, -0.05) is 11.6 Å². The van der Waals surface area contributed by atoms with Crippen LogP contribution in [0.4, 0.5) is 23.0 Å². The molecule has 0 spiro atoms. The molecule has 7 nitrogen and oxygen atoms in total. The predicted octanol–water partition coefficient (Wildman–Crippen LogP) is 4.81. The molecule has 0 amide bonds. The molecule has 0 saturated heterocycles. The molecule has 0 aliphatic heterocycles. The molecule has 1 aromatic heterocycles. The summed E-state index contributed by atoms with van der Waals surface area (Å²) >= 11 is 6.16. The third kappa shape index (κ3) is 4.42. The van der Waals surface area contributed by atoms with Gasteiger partial charge in [0.1, 0.15) is 29.0 Å². The maximum absolute atomic E-state index is 8.90. The molecule has 0 radical (unpaired) electrons. The summed E-state index contributed by atoms with van der Waals surface area (Å²) in [7, 11) is 3.11. The van der Waals surface area contributed by atoms with Gasteiger partial charge >= 0.3 is 0 Å². The van der Waals surface area contributed by atoms with Gasteiger partial charge in [-0.2, -0.15) is 5.26 Å². The van der Waals surface area contributed by atoms with Crippen LogP contribution in [0, 0.1) is 18.3 Å². The maximum Gasteiger partial charge on any atom is 0.144 e. The van der Waals surface area contributed by atoms with Gasteiger partial charge < -0.3 is 20.1 Å². The summed E-state index contributed by atoms with van der Waals surface area (Å²) in [6.07, 6.45) is 0. The van der Waals surface area contributed by atoms with E-state index in [-0.39, 0.29) is 0 Å². The van der Waals surface area contributed by atoms with Crippen molar-refractivity contribution in [2.24, 2.45) is 0 Å². The lowest BCUT2D eigenvalue weighted by Gasteiger charge is -2.14. The van der Waals surface area contributed by atoms with Gasteiger partial charge in [0.25, 0.3) is 0 Å². The molecule has 0 bridgehead atoms. The summed E-state index contributed by atoms with van der Waals surface area (Å²) in [5.41, 5.74) is 2.07. The highest BCUT2D eigenvalue weighted by atomic mass is 35.5. The standard InChI is InChI=1S/C20H18ClN5O2/c1-12-23-19(25-14-6-4-13(11-22)5-7-14)10-20(24-12)26-16-9-17(27-2)15(21)8-18(16)28-3/h4-10H,1-3H3,(H2,23,24,25,26). The molecule has 8 heteroatoms. The summed E-state index contributed by atoms with van der Waals surface area (Å²) in [6, 6.07) is 14.4. The van der Waals surface area contributed by atoms with Crippen LogP contribution in [0.15, 0.2) is 42.5 Å². The Morgan fingerprint density at radius 3 is 2.18 bits per heavy atom. The Morgan fingerprint density at radius 2 is 1.57 bits per heavy atom. The van der Waals surface area contributed by atoms with Gasteiger partial charge in [0.15, 0.2) is 0 Å². The quantitative estimate of drug-likeness (QED) is 0.618. The van der Waals surface area contributed by atoms with Gasteiger partial charge in [0, 0.05) is 23.9 Å². The number of aryl methyl sites for hydroxylation is 1. The monoisotopic (exact) mass is 395 g/mol. The number of hydrogen-bond donors (Lipinski definition) is 2. The number of hydrogen-bond acceptors (Lipinski definition) is 7. The van der Waals surface area contributed by atoms with E-state index in [0.29, 0.717) is 45.2 Å². The fourth-order valence-electron chi connectivity index (χ4n) is 2.57. The highest BCUT2D eigenvalue weighted by Gasteiger charge is 2.12. The van der Waals surface area contributed by atoms with Crippen LogP contribution in [0.5, 0.6) is 11.5 Å². The van der Waals surface area contributed by atoms with Crippen LogP contribution in [-0.2, 0) is 0 Å². The number of benzene rings is 2. The average molecular weight is 396 g/mol. The lowest BCUT2D eigenvalue weighted by Crippen LogP contribution is -2.03. The molecular weight excluding hydrogens is 378 g/mol. The predicted molar refractivity (Wildman–Crippen MR) is 109 cm³/mol. The molecule has 2 aromatic carbocycles. The van der Waals surface area contributed by atoms with Gasteiger partial charge in [-0.05, 0) is 31.2 Å². The number of aromatic nitrogens is 2.